The van der Waals surface area contributed by atoms with Crippen molar-refractivity contribution in [2.45, 2.75) is 36.2 Å². The van der Waals surface area contributed by atoms with E-state index < -0.39 is 15.4 Å². The number of nitrogens with zero attached hydrogens (tertiary/aromatic N) is 4. The minimum atomic E-state index is -3.96. The Morgan fingerprint density at radius 3 is 2.26 bits per heavy atom. The highest BCUT2D eigenvalue weighted by atomic mass is 32.2. The van der Waals surface area contributed by atoms with E-state index in [-0.39, 0.29) is 34.1 Å². The fraction of sp³-hybridized carbons (Fsp3) is 0.320. The molecular formula is C25H27FN4O4S. The zero-order valence-electron chi connectivity index (χ0n) is 19.6. The lowest BCUT2D eigenvalue weighted by molar-refractivity contribution is -0.132. The predicted octanol–water partition coefficient (Wildman–Crippen LogP) is 2.69. The first-order valence-electron chi connectivity index (χ1n) is 11.4. The van der Waals surface area contributed by atoms with Crippen LogP contribution in [0.25, 0.3) is 0 Å². The van der Waals surface area contributed by atoms with E-state index in [1.165, 1.54) is 18.2 Å². The number of rotatable bonds is 6. The molecule has 1 fully saturated rings. The van der Waals surface area contributed by atoms with Gasteiger partial charge in [-0.05, 0) is 41.8 Å². The summed E-state index contributed by atoms with van der Waals surface area (Å²) in [6.07, 6.45) is 0. The van der Waals surface area contributed by atoms with Crippen LogP contribution in [0, 0.1) is 5.82 Å². The Bertz CT molecular complexity index is 1380. The minimum Gasteiger partial charge on any atom is -0.366 e. The Labute approximate surface area is 203 Å². The summed E-state index contributed by atoms with van der Waals surface area (Å²) in [5, 5.41) is 3.70. The Kier molecular flexibility index (Phi) is 7.02. The Hall–Kier alpha value is -3.53. The van der Waals surface area contributed by atoms with E-state index >= 15 is 0 Å². The second-order valence-electron chi connectivity index (χ2n) is 8.71. The number of carbonyl (C=O) groups is 1. The van der Waals surface area contributed by atoms with Gasteiger partial charge in [-0.3, -0.25) is 9.59 Å². The van der Waals surface area contributed by atoms with Crippen LogP contribution in [0.5, 0.6) is 0 Å². The van der Waals surface area contributed by atoms with Gasteiger partial charge in [0.2, 0.25) is 15.7 Å². The molecular weight excluding hydrogens is 471 g/mol. The smallest absolute Gasteiger partial charge is 0.267 e. The zero-order valence-corrected chi connectivity index (χ0v) is 20.4. The molecule has 0 radical (unpaired) electrons. The van der Waals surface area contributed by atoms with Crippen LogP contribution < -0.4 is 10.5 Å². The zero-order chi connectivity index (χ0) is 25.2. The van der Waals surface area contributed by atoms with Gasteiger partial charge in [-0.2, -0.15) is 5.10 Å². The molecule has 0 atom stereocenters. The Morgan fingerprint density at radius 1 is 0.971 bits per heavy atom. The van der Waals surface area contributed by atoms with E-state index in [1.54, 1.807) is 35.2 Å². The number of anilines is 1. The number of sulfone groups is 1. The molecule has 1 aromatic heterocycles. The summed E-state index contributed by atoms with van der Waals surface area (Å²) in [5.41, 5.74) is 0.914. The predicted molar refractivity (Wildman–Crippen MR) is 130 cm³/mol. The van der Waals surface area contributed by atoms with Crippen molar-refractivity contribution in [2.24, 2.45) is 0 Å². The SMILES string of the molecule is CC(C)c1ccc(S(=O)(=O)c2ccc(=O)n(CC(=O)N3CCN(c4ccccc4F)CC3)n2)cc1. The van der Waals surface area contributed by atoms with Gasteiger partial charge in [0, 0.05) is 32.2 Å². The summed E-state index contributed by atoms with van der Waals surface area (Å²) >= 11 is 0. The van der Waals surface area contributed by atoms with Gasteiger partial charge in [-0.25, -0.2) is 17.5 Å². The van der Waals surface area contributed by atoms with Gasteiger partial charge in [0.15, 0.2) is 5.03 Å². The first-order chi connectivity index (χ1) is 16.7. The molecule has 2 heterocycles. The standard InChI is InChI=1S/C25H27FN4O4S/c1-18(2)19-7-9-20(10-8-19)35(33,34)23-11-12-24(31)30(27-23)17-25(32)29-15-13-28(14-16-29)22-6-4-3-5-21(22)26/h3-12,18H,13-17H2,1-2H3. The van der Waals surface area contributed by atoms with Crippen LogP contribution in [0.4, 0.5) is 10.1 Å². The molecule has 10 heteroatoms. The number of benzene rings is 2. The number of hydrogen-bond donors (Lipinski definition) is 0. The van der Waals surface area contributed by atoms with Crippen molar-refractivity contribution >= 4 is 21.4 Å². The first-order valence-corrected chi connectivity index (χ1v) is 12.9. The van der Waals surface area contributed by atoms with Crippen molar-refractivity contribution in [2.75, 3.05) is 31.1 Å². The first kappa shape index (κ1) is 24.6. The van der Waals surface area contributed by atoms with Crippen LogP contribution in [0.2, 0.25) is 0 Å². The molecule has 4 rings (SSSR count). The van der Waals surface area contributed by atoms with Crippen molar-refractivity contribution in [3.05, 3.63) is 82.4 Å². The van der Waals surface area contributed by atoms with E-state index in [0.717, 1.165) is 22.4 Å². The van der Waals surface area contributed by atoms with E-state index in [1.807, 2.05) is 18.7 Å². The van der Waals surface area contributed by atoms with Crippen molar-refractivity contribution in [1.29, 1.82) is 0 Å². The van der Waals surface area contributed by atoms with Crippen LogP contribution in [-0.2, 0) is 21.2 Å². The highest BCUT2D eigenvalue weighted by Gasteiger charge is 2.25. The molecule has 1 amide bonds. The van der Waals surface area contributed by atoms with Gasteiger partial charge in [-0.1, -0.05) is 38.1 Å². The average molecular weight is 499 g/mol. The highest BCUT2D eigenvalue weighted by molar-refractivity contribution is 7.91. The van der Waals surface area contributed by atoms with Crippen molar-refractivity contribution in [3.8, 4) is 0 Å². The molecule has 3 aromatic rings. The molecule has 0 aliphatic carbocycles. The van der Waals surface area contributed by atoms with Gasteiger partial charge in [-0.15, -0.1) is 0 Å². The molecule has 0 unspecified atom stereocenters. The number of hydrogen-bond acceptors (Lipinski definition) is 6. The number of halogens is 1. The number of amides is 1. The third kappa shape index (κ3) is 5.27. The molecule has 0 N–H and O–H groups in total. The average Bonchev–Trinajstić information content (AvgIpc) is 2.85. The van der Waals surface area contributed by atoms with Gasteiger partial charge < -0.3 is 9.80 Å². The number of piperazine rings is 1. The van der Waals surface area contributed by atoms with Gasteiger partial charge in [0.1, 0.15) is 12.4 Å². The molecule has 2 aromatic carbocycles. The fourth-order valence-corrected chi connectivity index (χ4v) is 5.16. The number of aromatic nitrogens is 2. The molecule has 35 heavy (non-hydrogen) atoms. The van der Waals surface area contributed by atoms with Crippen LogP contribution in [0.1, 0.15) is 25.3 Å². The molecule has 1 aliphatic rings. The lowest BCUT2D eigenvalue weighted by Crippen LogP contribution is -2.50. The summed E-state index contributed by atoms with van der Waals surface area (Å²) in [4.78, 5) is 28.7. The topological polar surface area (TPSA) is 92.6 Å². The van der Waals surface area contributed by atoms with Gasteiger partial charge in [0.05, 0.1) is 10.6 Å². The molecule has 0 saturated carbocycles. The van der Waals surface area contributed by atoms with Crippen molar-refractivity contribution in [3.63, 3.8) is 0 Å². The number of carbonyl (C=O) groups excluding carboxylic acids is 1. The third-order valence-corrected chi connectivity index (χ3v) is 7.75. The van der Waals surface area contributed by atoms with E-state index in [4.69, 9.17) is 0 Å². The normalized spacial score (nSPS) is 14.4. The van der Waals surface area contributed by atoms with Gasteiger partial charge in [0.25, 0.3) is 5.56 Å². The molecule has 184 valence electrons. The van der Waals surface area contributed by atoms with Crippen LogP contribution >= 0.6 is 0 Å². The third-order valence-electron chi connectivity index (χ3n) is 6.09. The Morgan fingerprint density at radius 2 is 1.63 bits per heavy atom. The molecule has 0 bridgehead atoms. The summed E-state index contributed by atoms with van der Waals surface area (Å²) < 4.78 is 41.0. The van der Waals surface area contributed by atoms with E-state index in [0.29, 0.717) is 31.9 Å². The van der Waals surface area contributed by atoms with Gasteiger partial charge >= 0.3 is 0 Å². The molecule has 1 saturated heterocycles. The van der Waals surface area contributed by atoms with Crippen LogP contribution in [-0.4, -0.2) is 55.2 Å². The fourth-order valence-electron chi connectivity index (χ4n) is 3.97. The largest absolute Gasteiger partial charge is 0.366 e. The second kappa shape index (κ2) is 9.99. The molecule has 1 aliphatic heterocycles. The summed E-state index contributed by atoms with van der Waals surface area (Å²) in [5.74, 6) is -0.421. The monoisotopic (exact) mass is 498 g/mol. The second-order valence-corrected chi connectivity index (χ2v) is 10.6. The van der Waals surface area contributed by atoms with Crippen molar-refractivity contribution in [1.82, 2.24) is 14.7 Å². The maximum absolute atomic E-state index is 14.1. The summed E-state index contributed by atoms with van der Waals surface area (Å²) in [7, 11) is -3.96. The summed E-state index contributed by atoms with van der Waals surface area (Å²) in [6, 6.07) is 15.3. The maximum atomic E-state index is 14.1. The highest BCUT2D eigenvalue weighted by Crippen LogP contribution is 2.22. The van der Waals surface area contributed by atoms with E-state index in [2.05, 4.69) is 5.10 Å². The lowest BCUT2D eigenvalue weighted by Gasteiger charge is -2.36. The summed E-state index contributed by atoms with van der Waals surface area (Å²) in [6.45, 7) is 5.22. The number of para-hydroxylation sites is 1. The van der Waals surface area contributed by atoms with Crippen LogP contribution in [0.15, 0.2) is 75.4 Å². The minimum absolute atomic E-state index is 0.0650. The van der Waals surface area contributed by atoms with E-state index in [9.17, 15) is 22.4 Å². The maximum Gasteiger partial charge on any atom is 0.267 e. The van der Waals surface area contributed by atoms with Crippen LogP contribution in [0.3, 0.4) is 0 Å². The Balaban J connectivity index is 1.47. The molecule has 8 nitrogen and oxygen atoms in total. The molecule has 0 spiro atoms. The van der Waals surface area contributed by atoms with Crippen molar-refractivity contribution < 1.29 is 17.6 Å². The lowest BCUT2D eigenvalue weighted by atomic mass is 10.0. The quantitative estimate of drug-likeness (QED) is 0.519.